The molecule has 0 aromatic heterocycles. The Morgan fingerprint density at radius 2 is 1.68 bits per heavy atom. The van der Waals surface area contributed by atoms with Gasteiger partial charge < -0.3 is 24.6 Å². The Hall–Kier alpha value is -2.64. The summed E-state index contributed by atoms with van der Waals surface area (Å²) in [5.74, 6) is -0.456. The van der Waals surface area contributed by atoms with Gasteiger partial charge in [-0.25, -0.2) is 9.59 Å². The van der Waals surface area contributed by atoms with Crippen molar-refractivity contribution in [1.29, 1.82) is 0 Å². The van der Waals surface area contributed by atoms with Crippen molar-refractivity contribution in [2.45, 2.75) is 25.6 Å². The summed E-state index contributed by atoms with van der Waals surface area (Å²) in [6, 6.07) is 9.24. The van der Waals surface area contributed by atoms with Crippen molar-refractivity contribution in [3.63, 3.8) is 0 Å². The van der Waals surface area contributed by atoms with E-state index in [0.717, 1.165) is 18.4 Å². The van der Waals surface area contributed by atoms with E-state index in [1.165, 1.54) is 12.1 Å². The molecule has 4 rings (SSSR count). The van der Waals surface area contributed by atoms with Gasteiger partial charge in [0.15, 0.2) is 0 Å². The van der Waals surface area contributed by atoms with Gasteiger partial charge >= 0.3 is 12.1 Å². The third-order valence-corrected chi connectivity index (χ3v) is 6.19. The monoisotopic (exact) mass is 465 g/mol. The number of aromatic carboxylic acids is 1. The van der Waals surface area contributed by atoms with Crippen molar-refractivity contribution < 1.29 is 29.3 Å². The normalized spacial score (nSPS) is 22.3. The molecule has 2 aliphatic rings. The number of benzene rings is 2. The van der Waals surface area contributed by atoms with E-state index in [2.05, 4.69) is 0 Å². The van der Waals surface area contributed by atoms with Gasteiger partial charge in [0.25, 0.3) is 0 Å². The third-order valence-electron chi connectivity index (χ3n) is 5.75. The number of hydrogen-bond donors (Lipinski definition) is 2. The van der Waals surface area contributed by atoms with E-state index in [1.807, 2.05) is 0 Å². The van der Waals surface area contributed by atoms with Gasteiger partial charge in [-0.2, -0.15) is 0 Å². The summed E-state index contributed by atoms with van der Waals surface area (Å²) in [5.41, 5.74) is 0.570. The summed E-state index contributed by atoms with van der Waals surface area (Å²) in [4.78, 5) is 25.2. The first-order valence-electron chi connectivity index (χ1n) is 9.88. The van der Waals surface area contributed by atoms with Crippen LogP contribution < -0.4 is 4.74 Å². The van der Waals surface area contributed by atoms with Gasteiger partial charge in [-0.1, -0.05) is 23.2 Å². The third kappa shape index (κ3) is 4.99. The standard InChI is InChI=1S/C22H21Cl2NO6/c23-15-3-12(4-16(24)7-15)11-30-22(29)25-9-13-5-18(6-14(13)10-25)31-17-1-2-19(21(27)28)20(26)8-17/h1-4,7-8,13-14,18,26H,5-6,9-11H2,(H,27,28)/t13-,14+,18?. The number of carbonyl (C=O) groups is 2. The van der Waals surface area contributed by atoms with Crippen LogP contribution in [-0.4, -0.2) is 46.4 Å². The molecular weight excluding hydrogens is 445 g/mol. The molecule has 9 heteroatoms. The number of nitrogens with zero attached hydrogens (tertiary/aromatic N) is 1. The van der Waals surface area contributed by atoms with Crippen molar-refractivity contribution >= 4 is 35.3 Å². The molecule has 3 atom stereocenters. The van der Waals surface area contributed by atoms with E-state index >= 15 is 0 Å². The van der Waals surface area contributed by atoms with Gasteiger partial charge in [-0.3, -0.25) is 0 Å². The molecule has 1 amide bonds. The highest BCUT2D eigenvalue weighted by molar-refractivity contribution is 6.34. The first kappa shape index (κ1) is 21.6. The molecule has 164 valence electrons. The lowest BCUT2D eigenvalue weighted by Crippen LogP contribution is -2.31. The number of carbonyl (C=O) groups excluding carboxylic acids is 1. The zero-order chi connectivity index (χ0) is 22.1. The molecule has 31 heavy (non-hydrogen) atoms. The van der Waals surface area contributed by atoms with E-state index < -0.39 is 5.97 Å². The van der Waals surface area contributed by atoms with Gasteiger partial charge in [-0.15, -0.1) is 0 Å². The van der Waals surface area contributed by atoms with Crippen molar-refractivity contribution in [1.82, 2.24) is 4.90 Å². The molecule has 0 radical (unpaired) electrons. The van der Waals surface area contributed by atoms with Gasteiger partial charge in [0.1, 0.15) is 23.7 Å². The molecule has 1 aliphatic heterocycles. The molecule has 2 fully saturated rings. The maximum absolute atomic E-state index is 12.4. The number of likely N-dealkylation sites (tertiary alicyclic amines) is 1. The van der Waals surface area contributed by atoms with Crippen LogP contribution in [0.3, 0.4) is 0 Å². The maximum Gasteiger partial charge on any atom is 0.410 e. The molecule has 2 aromatic rings. The lowest BCUT2D eigenvalue weighted by molar-refractivity contribution is 0.0693. The van der Waals surface area contributed by atoms with Crippen LogP contribution in [-0.2, 0) is 11.3 Å². The molecular formula is C22H21Cl2NO6. The molecule has 1 saturated heterocycles. The Balaban J connectivity index is 1.27. The summed E-state index contributed by atoms with van der Waals surface area (Å²) in [6.45, 7) is 1.30. The molecule has 0 spiro atoms. The van der Waals surface area contributed by atoms with Gasteiger partial charge in [0.05, 0.1) is 6.10 Å². The van der Waals surface area contributed by atoms with Gasteiger partial charge in [-0.05, 0) is 60.6 Å². The Morgan fingerprint density at radius 3 is 2.26 bits per heavy atom. The minimum atomic E-state index is -1.19. The summed E-state index contributed by atoms with van der Waals surface area (Å²) < 4.78 is 11.4. The Bertz CT molecular complexity index is 979. The Kier molecular flexibility index (Phi) is 6.16. The number of rotatable bonds is 5. The summed E-state index contributed by atoms with van der Waals surface area (Å²) in [5, 5.41) is 19.8. The number of hydrogen-bond acceptors (Lipinski definition) is 5. The molecule has 1 aliphatic carbocycles. The predicted octanol–water partition coefficient (Wildman–Crippen LogP) is 4.82. The number of phenols is 1. The topological polar surface area (TPSA) is 96.3 Å². The van der Waals surface area contributed by atoms with E-state index in [4.69, 9.17) is 37.8 Å². The predicted molar refractivity (Wildman–Crippen MR) is 114 cm³/mol. The number of carboxylic acid groups (broad SMARTS) is 1. The van der Waals surface area contributed by atoms with Crippen LogP contribution in [0.4, 0.5) is 4.79 Å². The zero-order valence-electron chi connectivity index (χ0n) is 16.5. The van der Waals surface area contributed by atoms with Crippen LogP contribution in [0.1, 0.15) is 28.8 Å². The number of carboxylic acids is 1. The number of fused-ring (bicyclic) bond motifs is 1. The molecule has 7 nitrogen and oxygen atoms in total. The second kappa shape index (κ2) is 8.85. The van der Waals surface area contributed by atoms with Crippen molar-refractivity contribution in [2.75, 3.05) is 13.1 Å². The molecule has 1 saturated carbocycles. The highest BCUT2D eigenvalue weighted by atomic mass is 35.5. The van der Waals surface area contributed by atoms with Crippen LogP contribution in [0, 0.1) is 11.8 Å². The molecule has 1 unspecified atom stereocenters. The minimum absolute atomic E-state index is 0.0446. The highest BCUT2D eigenvalue weighted by Crippen LogP contribution is 2.40. The Morgan fingerprint density at radius 1 is 1.03 bits per heavy atom. The quantitative estimate of drug-likeness (QED) is 0.656. The number of halogens is 2. The average molecular weight is 466 g/mol. The first-order valence-corrected chi connectivity index (χ1v) is 10.6. The van der Waals surface area contributed by atoms with Crippen LogP contribution in [0.25, 0.3) is 0 Å². The number of amides is 1. The lowest BCUT2D eigenvalue weighted by atomic mass is 10.0. The number of aromatic hydroxyl groups is 1. The first-order chi connectivity index (χ1) is 14.8. The Labute approximate surface area is 189 Å². The fourth-order valence-corrected chi connectivity index (χ4v) is 4.95. The van der Waals surface area contributed by atoms with E-state index in [9.17, 15) is 14.7 Å². The lowest BCUT2D eigenvalue weighted by Gasteiger charge is -2.20. The zero-order valence-corrected chi connectivity index (χ0v) is 18.0. The van der Waals surface area contributed by atoms with E-state index in [-0.39, 0.29) is 30.1 Å². The van der Waals surface area contributed by atoms with Crippen LogP contribution in [0.15, 0.2) is 36.4 Å². The van der Waals surface area contributed by atoms with E-state index in [0.29, 0.717) is 40.7 Å². The van der Waals surface area contributed by atoms with Crippen LogP contribution in [0.2, 0.25) is 10.0 Å². The average Bonchev–Trinajstić information content (AvgIpc) is 3.24. The number of ether oxygens (including phenoxy) is 2. The van der Waals surface area contributed by atoms with Gasteiger partial charge in [0, 0.05) is 29.2 Å². The molecule has 2 aromatic carbocycles. The second-order valence-corrected chi connectivity index (χ2v) is 8.83. The van der Waals surface area contributed by atoms with Crippen molar-refractivity contribution in [3.05, 3.63) is 57.6 Å². The SMILES string of the molecule is O=C(O)c1ccc(OC2C[C@@H]3CN(C(=O)OCc4cc(Cl)cc(Cl)c4)C[C@@H]3C2)cc1O. The molecule has 2 N–H and O–H groups in total. The summed E-state index contributed by atoms with van der Waals surface area (Å²) >= 11 is 11.9. The molecule has 1 heterocycles. The van der Waals surface area contributed by atoms with Crippen LogP contribution in [0.5, 0.6) is 11.5 Å². The van der Waals surface area contributed by atoms with Crippen molar-refractivity contribution in [3.8, 4) is 11.5 Å². The van der Waals surface area contributed by atoms with Crippen molar-refractivity contribution in [2.24, 2.45) is 11.8 Å². The van der Waals surface area contributed by atoms with E-state index in [1.54, 1.807) is 29.2 Å². The highest BCUT2D eigenvalue weighted by Gasteiger charge is 2.43. The fraction of sp³-hybridized carbons (Fsp3) is 0.364. The second-order valence-electron chi connectivity index (χ2n) is 7.95. The summed E-state index contributed by atoms with van der Waals surface area (Å²) in [6.07, 6.45) is 1.15. The minimum Gasteiger partial charge on any atom is -0.507 e. The smallest absolute Gasteiger partial charge is 0.410 e. The maximum atomic E-state index is 12.4. The molecule has 0 bridgehead atoms. The summed E-state index contributed by atoms with van der Waals surface area (Å²) in [7, 11) is 0. The van der Waals surface area contributed by atoms with Crippen LogP contribution >= 0.6 is 23.2 Å². The van der Waals surface area contributed by atoms with Gasteiger partial charge in [0.2, 0.25) is 0 Å². The fourth-order valence-electron chi connectivity index (χ4n) is 4.38. The largest absolute Gasteiger partial charge is 0.507 e.